The van der Waals surface area contributed by atoms with Gasteiger partial charge >= 0.3 is 0 Å². The molecule has 0 aliphatic heterocycles. The molecule has 0 amide bonds. The van der Waals surface area contributed by atoms with Crippen LogP contribution in [-0.4, -0.2) is 10.8 Å². The number of rotatable bonds is 0. The third-order valence-electron chi connectivity index (χ3n) is 3.51. The lowest BCUT2D eigenvalue weighted by Gasteiger charge is -2.19. The molecule has 1 aliphatic carbocycles. The van der Waals surface area contributed by atoms with Crippen LogP contribution in [0.15, 0.2) is 48.5 Å². The summed E-state index contributed by atoms with van der Waals surface area (Å²) >= 11 is 6.09. The molecular formula is C16H8ClNO. The molecule has 0 saturated carbocycles. The van der Waals surface area contributed by atoms with Crippen LogP contribution in [0.3, 0.4) is 0 Å². The highest BCUT2D eigenvalue weighted by Gasteiger charge is 2.25. The van der Waals surface area contributed by atoms with Crippen molar-refractivity contribution in [3.8, 4) is 11.1 Å². The van der Waals surface area contributed by atoms with Crippen molar-refractivity contribution in [2.24, 2.45) is 0 Å². The van der Waals surface area contributed by atoms with Gasteiger partial charge in [0.25, 0.3) is 0 Å². The smallest absolute Gasteiger partial charge is 0.194 e. The monoisotopic (exact) mass is 265 g/mol. The van der Waals surface area contributed by atoms with Crippen LogP contribution in [0.25, 0.3) is 22.0 Å². The first-order chi connectivity index (χ1) is 9.25. The van der Waals surface area contributed by atoms with Crippen molar-refractivity contribution >= 4 is 28.3 Å². The molecule has 90 valence electrons. The van der Waals surface area contributed by atoms with E-state index in [2.05, 4.69) is 4.98 Å². The van der Waals surface area contributed by atoms with E-state index in [-0.39, 0.29) is 5.78 Å². The summed E-state index contributed by atoms with van der Waals surface area (Å²) in [6, 6.07) is 15.0. The van der Waals surface area contributed by atoms with Crippen molar-refractivity contribution in [2.45, 2.75) is 0 Å². The van der Waals surface area contributed by atoms with Crippen molar-refractivity contribution in [2.75, 3.05) is 0 Å². The Labute approximate surface area is 114 Å². The molecule has 0 radical (unpaired) electrons. The fraction of sp³-hybridized carbons (Fsp3) is 0. The summed E-state index contributed by atoms with van der Waals surface area (Å²) in [5.74, 6) is 0.0535. The number of halogens is 1. The number of hydrogen-bond acceptors (Lipinski definition) is 2. The number of pyridine rings is 1. The van der Waals surface area contributed by atoms with Gasteiger partial charge in [-0.3, -0.25) is 4.79 Å². The van der Waals surface area contributed by atoms with Gasteiger partial charge in [-0.2, -0.15) is 0 Å². The molecule has 0 N–H and O–H groups in total. The minimum absolute atomic E-state index is 0.0535. The van der Waals surface area contributed by atoms with E-state index in [0.717, 1.165) is 27.6 Å². The Balaban J connectivity index is 2.28. The first-order valence-corrected chi connectivity index (χ1v) is 6.37. The van der Waals surface area contributed by atoms with Gasteiger partial charge in [-0.05, 0) is 23.3 Å². The Hall–Kier alpha value is -2.19. The summed E-state index contributed by atoms with van der Waals surface area (Å²) in [6.45, 7) is 0. The number of ketones is 1. The maximum atomic E-state index is 12.5. The number of carbonyl (C=O) groups excluding carboxylic acids is 1. The molecule has 1 aliphatic rings. The third-order valence-corrected chi connectivity index (χ3v) is 3.70. The van der Waals surface area contributed by atoms with E-state index in [1.54, 1.807) is 0 Å². The van der Waals surface area contributed by atoms with Gasteiger partial charge < -0.3 is 0 Å². The van der Waals surface area contributed by atoms with Gasteiger partial charge in [0.15, 0.2) is 5.78 Å². The standard InChI is InChI=1S/C16H8ClNO/c17-14-8-12-9-4-1-2-5-10(9)16(19)11-6-3-7-13(18-14)15(11)12/h1-8H. The topological polar surface area (TPSA) is 30.0 Å². The summed E-state index contributed by atoms with van der Waals surface area (Å²) in [4.78, 5) is 16.8. The van der Waals surface area contributed by atoms with E-state index >= 15 is 0 Å². The van der Waals surface area contributed by atoms with Crippen molar-refractivity contribution in [1.82, 2.24) is 4.98 Å². The second-order valence-corrected chi connectivity index (χ2v) is 4.95. The highest BCUT2D eigenvalue weighted by atomic mass is 35.5. The predicted molar refractivity (Wildman–Crippen MR) is 75.6 cm³/mol. The molecule has 0 unspecified atom stereocenters. The van der Waals surface area contributed by atoms with Crippen LogP contribution < -0.4 is 0 Å². The highest BCUT2D eigenvalue weighted by molar-refractivity contribution is 6.32. The van der Waals surface area contributed by atoms with Crippen molar-refractivity contribution in [3.05, 3.63) is 64.8 Å². The molecule has 3 aromatic rings. The van der Waals surface area contributed by atoms with Gasteiger partial charge in [0, 0.05) is 16.5 Å². The lowest BCUT2D eigenvalue weighted by molar-refractivity contribution is 0.104. The van der Waals surface area contributed by atoms with Gasteiger partial charge in [-0.15, -0.1) is 0 Å². The highest BCUT2D eigenvalue weighted by Crippen LogP contribution is 2.39. The Morgan fingerprint density at radius 2 is 1.58 bits per heavy atom. The molecule has 19 heavy (non-hydrogen) atoms. The molecule has 1 aromatic heterocycles. The van der Waals surface area contributed by atoms with Crippen molar-refractivity contribution in [3.63, 3.8) is 0 Å². The fourth-order valence-electron chi connectivity index (χ4n) is 2.72. The molecule has 3 heteroatoms. The van der Waals surface area contributed by atoms with Crippen LogP contribution in [0.4, 0.5) is 0 Å². The molecule has 0 fully saturated rings. The zero-order chi connectivity index (χ0) is 13.0. The van der Waals surface area contributed by atoms with E-state index < -0.39 is 0 Å². The molecule has 0 spiro atoms. The molecule has 0 saturated heterocycles. The van der Waals surface area contributed by atoms with Crippen molar-refractivity contribution < 1.29 is 4.79 Å². The lowest BCUT2D eigenvalue weighted by atomic mass is 9.84. The molecule has 0 atom stereocenters. The minimum atomic E-state index is 0.0535. The van der Waals surface area contributed by atoms with Crippen LogP contribution >= 0.6 is 11.6 Å². The molecule has 1 heterocycles. The van der Waals surface area contributed by atoms with Crippen LogP contribution in [0.1, 0.15) is 15.9 Å². The first-order valence-electron chi connectivity index (χ1n) is 5.99. The summed E-state index contributed by atoms with van der Waals surface area (Å²) < 4.78 is 0. The Bertz CT molecular complexity index is 854. The number of hydrogen-bond donors (Lipinski definition) is 0. The number of benzene rings is 2. The molecule has 4 rings (SSSR count). The summed E-state index contributed by atoms with van der Waals surface area (Å²) in [7, 11) is 0. The van der Waals surface area contributed by atoms with Gasteiger partial charge in [-0.25, -0.2) is 4.98 Å². The van der Waals surface area contributed by atoms with E-state index in [1.165, 1.54) is 0 Å². The Kier molecular flexibility index (Phi) is 2.06. The number of carbonyl (C=O) groups is 1. The second-order valence-electron chi connectivity index (χ2n) is 4.57. The number of fused-ring (bicyclic) bond motifs is 2. The number of aromatic nitrogens is 1. The predicted octanol–water partition coefficient (Wildman–Crippen LogP) is 4.10. The normalized spacial score (nSPS) is 12.6. The van der Waals surface area contributed by atoms with Crippen LogP contribution in [0.2, 0.25) is 5.15 Å². The van der Waals surface area contributed by atoms with Gasteiger partial charge in [0.2, 0.25) is 0 Å². The summed E-state index contributed by atoms with van der Waals surface area (Å²) in [5, 5.41) is 1.35. The lowest BCUT2D eigenvalue weighted by Crippen LogP contribution is -2.10. The van der Waals surface area contributed by atoms with E-state index in [9.17, 15) is 4.79 Å². The third kappa shape index (κ3) is 1.38. The second kappa shape index (κ2) is 3.65. The molecule has 2 aromatic carbocycles. The van der Waals surface area contributed by atoms with E-state index in [1.807, 2.05) is 48.5 Å². The number of nitrogens with zero attached hydrogens (tertiary/aromatic N) is 1. The first kappa shape index (κ1) is 10.7. The van der Waals surface area contributed by atoms with Crippen LogP contribution in [0.5, 0.6) is 0 Å². The Morgan fingerprint density at radius 1 is 0.842 bits per heavy atom. The zero-order valence-electron chi connectivity index (χ0n) is 9.85. The fourth-order valence-corrected chi connectivity index (χ4v) is 2.92. The van der Waals surface area contributed by atoms with E-state index in [0.29, 0.717) is 10.7 Å². The van der Waals surface area contributed by atoms with Crippen LogP contribution in [-0.2, 0) is 0 Å². The Morgan fingerprint density at radius 3 is 2.42 bits per heavy atom. The van der Waals surface area contributed by atoms with Crippen molar-refractivity contribution in [1.29, 1.82) is 0 Å². The maximum absolute atomic E-state index is 12.5. The SMILES string of the molecule is O=C1c2ccccc2-c2cc(Cl)nc3cccc1c23. The van der Waals surface area contributed by atoms with E-state index in [4.69, 9.17) is 11.6 Å². The van der Waals surface area contributed by atoms with Gasteiger partial charge in [-0.1, -0.05) is 48.0 Å². The molecule has 2 nitrogen and oxygen atoms in total. The van der Waals surface area contributed by atoms with Crippen LogP contribution in [0, 0.1) is 0 Å². The summed E-state index contributed by atoms with van der Waals surface area (Å²) in [5.41, 5.74) is 4.12. The quantitative estimate of drug-likeness (QED) is 0.448. The largest absolute Gasteiger partial charge is 0.289 e. The van der Waals surface area contributed by atoms with Gasteiger partial charge in [0.1, 0.15) is 5.15 Å². The zero-order valence-corrected chi connectivity index (χ0v) is 10.6. The average molecular weight is 266 g/mol. The minimum Gasteiger partial charge on any atom is -0.289 e. The van der Waals surface area contributed by atoms with Gasteiger partial charge in [0.05, 0.1) is 5.52 Å². The molecule has 0 bridgehead atoms. The summed E-state index contributed by atoms with van der Waals surface area (Å²) in [6.07, 6.45) is 0. The molecular weight excluding hydrogens is 258 g/mol. The maximum Gasteiger partial charge on any atom is 0.194 e. The average Bonchev–Trinajstić information content (AvgIpc) is 2.44.